The van der Waals surface area contributed by atoms with Crippen LogP contribution in [-0.4, -0.2) is 7.11 Å². The van der Waals surface area contributed by atoms with Crippen molar-refractivity contribution < 1.29 is 4.74 Å². The molecule has 0 spiro atoms. The molecule has 2 nitrogen and oxygen atoms in total. The molecule has 1 unspecified atom stereocenters. The quantitative estimate of drug-likeness (QED) is 0.834. The minimum Gasteiger partial charge on any atom is -0.495 e. The van der Waals surface area contributed by atoms with E-state index in [1.807, 2.05) is 30.3 Å². The van der Waals surface area contributed by atoms with Crippen LogP contribution in [0.4, 0.5) is 5.69 Å². The van der Waals surface area contributed by atoms with Crippen molar-refractivity contribution >= 4 is 40.2 Å². The van der Waals surface area contributed by atoms with E-state index in [0.717, 1.165) is 10.0 Å². The van der Waals surface area contributed by atoms with E-state index < -0.39 is 0 Å². The Kier molecular flexibility index (Phi) is 4.38. The van der Waals surface area contributed by atoms with Crippen molar-refractivity contribution in [3.63, 3.8) is 0 Å². The molecule has 1 aromatic carbocycles. The summed E-state index contributed by atoms with van der Waals surface area (Å²) in [5.41, 5.74) is 0.966. The topological polar surface area (TPSA) is 21.3 Å². The summed E-state index contributed by atoms with van der Waals surface area (Å²) in [7, 11) is 1.60. The van der Waals surface area contributed by atoms with Crippen LogP contribution in [0, 0.1) is 0 Å². The molecular formula is C13H13Cl2NOS. The van der Waals surface area contributed by atoms with Gasteiger partial charge in [-0.3, -0.25) is 0 Å². The molecule has 0 aliphatic heterocycles. The Morgan fingerprint density at radius 2 is 2.00 bits per heavy atom. The fourth-order valence-electron chi connectivity index (χ4n) is 1.63. The van der Waals surface area contributed by atoms with Gasteiger partial charge < -0.3 is 10.1 Å². The third kappa shape index (κ3) is 3.10. The monoisotopic (exact) mass is 301 g/mol. The van der Waals surface area contributed by atoms with E-state index in [4.69, 9.17) is 27.9 Å². The third-order valence-electron chi connectivity index (χ3n) is 2.56. The lowest BCUT2D eigenvalue weighted by molar-refractivity contribution is 0.415. The molecule has 0 amide bonds. The van der Waals surface area contributed by atoms with Gasteiger partial charge in [0.25, 0.3) is 0 Å². The van der Waals surface area contributed by atoms with Crippen LogP contribution >= 0.6 is 34.5 Å². The van der Waals surface area contributed by atoms with E-state index in [0.29, 0.717) is 10.8 Å². The maximum Gasteiger partial charge on any atom is 0.139 e. The van der Waals surface area contributed by atoms with Crippen LogP contribution in [0.5, 0.6) is 5.75 Å². The molecule has 96 valence electrons. The van der Waals surface area contributed by atoms with E-state index in [1.165, 1.54) is 4.88 Å². The minimum atomic E-state index is 0.188. The molecule has 1 aromatic heterocycles. The normalized spacial score (nSPS) is 12.2. The summed E-state index contributed by atoms with van der Waals surface area (Å²) in [4.78, 5) is 1.19. The minimum absolute atomic E-state index is 0.188. The Hall–Kier alpha value is -0.900. The number of nitrogens with one attached hydrogen (secondary N) is 1. The number of hydrogen-bond acceptors (Lipinski definition) is 3. The van der Waals surface area contributed by atoms with Crippen LogP contribution in [0.2, 0.25) is 9.36 Å². The number of methoxy groups -OCH3 is 1. The van der Waals surface area contributed by atoms with Gasteiger partial charge in [0, 0.05) is 16.6 Å². The smallest absolute Gasteiger partial charge is 0.139 e. The molecule has 0 radical (unpaired) electrons. The third-order valence-corrected chi connectivity index (χ3v) is 4.28. The van der Waals surface area contributed by atoms with Crippen LogP contribution in [0.1, 0.15) is 17.8 Å². The number of ether oxygens (including phenoxy) is 1. The van der Waals surface area contributed by atoms with Gasteiger partial charge >= 0.3 is 0 Å². The summed E-state index contributed by atoms with van der Waals surface area (Å²) >= 11 is 13.5. The lowest BCUT2D eigenvalue weighted by Gasteiger charge is -2.14. The van der Waals surface area contributed by atoms with Crippen LogP contribution < -0.4 is 10.1 Å². The molecule has 0 bridgehead atoms. The summed E-state index contributed by atoms with van der Waals surface area (Å²) in [6, 6.07) is 9.75. The number of benzene rings is 1. The molecule has 0 aliphatic rings. The molecule has 1 heterocycles. The molecule has 2 rings (SSSR count). The van der Waals surface area contributed by atoms with Crippen LogP contribution in [0.3, 0.4) is 0 Å². The summed E-state index contributed by atoms with van der Waals surface area (Å²) in [5.74, 6) is 0.665. The number of anilines is 1. The van der Waals surface area contributed by atoms with Gasteiger partial charge in [0.2, 0.25) is 0 Å². The van der Waals surface area contributed by atoms with Crippen molar-refractivity contribution in [2.75, 3.05) is 12.4 Å². The standard InChI is InChI=1S/C13H13Cl2NOS/c1-8(12-5-6-13(15)18-12)16-9-3-4-10(14)11(7-9)17-2/h3-8,16H,1-2H3. The van der Waals surface area contributed by atoms with E-state index >= 15 is 0 Å². The summed E-state index contributed by atoms with van der Waals surface area (Å²) < 4.78 is 5.99. The van der Waals surface area contributed by atoms with Gasteiger partial charge in [-0.1, -0.05) is 23.2 Å². The van der Waals surface area contributed by atoms with Crippen LogP contribution in [-0.2, 0) is 0 Å². The van der Waals surface area contributed by atoms with E-state index in [1.54, 1.807) is 18.4 Å². The lowest BCUT2D eigenvalue weighted by atomic mass is 10.2. The zero-order valence-corrected chi connectivity index (χ0v) is 12.4. The highest BCUT2D eigenvalue weighted by molar-refractivity contribution is 7.16. The van der Waals surface area contributed by atoms with Crippen molar-refractivity contribution in [1.29, 1.82) is 0 Å². The number of rotatable bonds is 4. The maximum atomic E-state index is 5.99. The lowest BCUT2D eigenvalue weighted by Crippen LogP contribution is -2.04. The van der Waals surface area contributed by atoms with Gasteiger partial charge in [-0.15, -0.1) is 11.3 Å². The first-order chi connectivity index (χ1) is 8.60. The second-order valence-corrected chi connectivity index (χ2v) is 6.01. The molecule has 0 fully saturated rings. The second-order valence-electron chi connectivity index (χ2n) is 3.86. The van der Waals surface area contributed by atoms with Gasteiger partial charge in [-0.2, -0.15) is 0 Å². The van der Waals surface area contributed by atoms with Crippen LogP contribution in [0.25, 0.3) is 0 Å². The zero-order valence-electron chi connectivity index (χ0n) is 10.0. The van der Waals surface area contributed by atoms with Crippen molar-refractivity contribution in [2.45, 2.75) is 13.0 Å². The summed E-state index contributed by atoms with van der Waals surface area (Å²) in [6.07, 6.45) is 0. The summed E-state index contributed by atoms with van der Waals surface area (Å²) in [5, 5.41) is 3.99. The van der Waals surface area contributed by atoms with Crippen LogP contribution in [0.15, 0.2) is 30.3 Å². The first-order valence-electron chi connectivity index (χ1n) is 5.45. The van der Waals surface area contributed by atoms with Crippen molar-refractivity contribution in [3.05, 3.63) is 44.6 Å². The Balaban J connectivity index is 2.14. The Morgan fingerprint density at radius 1 is 1.22 bits per heavy atom. The second kappa shape index (κ2) is 5.83. The highest BCUT2D eigenvalue weighted by Gasteiger charge is 2.09. The average Bonchev–Trinajstić information content (AvgIpc) is 2.78. The predicted molar refractivity (Wildman–Crippen MR) is 79.4 cm³/mol. The SMILES string of the molecule is COc1cc(NC(C)c2ccc(Cl)s2)ccc1Cl. The Bertz CT molecular complexity index is 542. The predicted octanol–water partition coefficient (Wildman–Crippen LogP) is 5.24. The zero-order chi connectivity index (χ0) is 13.1. The molecule has 1 N–H and O–H groups in total. The number of thiophene rings is 1. The van der Waals surface area contributed by atoms with Crippen molar-refractivity contribution in [2.24, 2.45) is 0 Å². The first-order valence-corrected chi connectivity index (χ1v) is 7.02. The van der Waals surface area contributed by atoms with Gasteiger partial charge in [0.05, 0.1) is 22.5 Å². The largest absolute Gasteiger partial charge is 0.495 e. The molecule has 2 aromatic rings. The molecule has 0 aliphatic carbocycles. The first kappa shape index (κ1) is 13.5. The van der Waals surface area contributed by atoms with Gasteiger partial charge in [-0.05, 0) is 31.2 Å². The average molecular weight is 302 g/mol. The van der Waals surface area contributed by atoms with Gasteiger partial charge in [-0.25, -0.2) is 0 Å². The van der Waals surface area contributed by atoms with Crippen molar-refractivity contribution in [3.8, 4) is 5.75 Å². The van der Waals surface area contributed by atoms with Gasteiger partial charge in [0.15, 0.2) is 0 Å². The number of hydrogen-bond donors (Lipinski definition) is 1. The molecule has 18 heavy (non-hydrogen) atoms. The Morgan fingerprint density at radius 3 is 2.61 bits per heavy atom. The highest BCUT2D eigenvalue weighted by atomic mass is 35.5. The molecule has 0 saturated carbocycles. The van der Waals surface area contributed by atoms with Crippen molar-refractivity contribution in [1.82, 2.24) is 0 Å². The number of halogens is 2. The summed E-state index contributed by atoms with van der Waals surface area (Å²) in [6.45, 7) is 2.09. The van der Waals surface area contributed by atoms with E-state index in [-0.39, 0.29) is 6.04 Å². The fourth-order valence-corrected chi connectivity index (χ4v) is 2.89. The maximum absolute atomic E-state index is 5.99. The molecule has 5 heteroatoms. The molecular weight excluding hydrogens is 289 g/mol. The molecule has 1 atom stereocenters. The Labute approximate surface area is 120 Å². The molecule has 0 saturated heterocycles. The van der Waals surface area contributed by atoms with E-state index in [2.05, 4.69) is 12.2 Å². The fraction of sp³-hybridized carbons (Fsp3) is 0.231. The van der Waals surface area contributed by atoms with E-state index in [9.17, 15) is 0 Å². The highest BCUT2D eigenvalue weighted by Crippen LogP contribution is 2.32. The van der Waals surface area contributed by atoms with Gasteiger partial charge in [0.1, 0.15) is 5.75 Å².